The quantitative estimate of drug-likeness (QED) is 0.535. The maximum Gasteiger partial charge on any atom is 0.207 e. The highest BCUT2D eigenvalue weighted by molar-refractivity contribution is 7.71. The van der Waals surface area contributed by atoms with Gasteiger partial charge in [0.15, 0.2) is 23.1 Å². The first-order valence-corrected chi connectivity index (χ1v) is 6.19. The molecule has 21 heavy (non-hydrogen) atoms. The number of anilines is 1. The molecule has 0 aliphatic heterocycles. The fraction of sp³-hybridized carbons (Fsp3) is 0.0833. The topological polar surface area (TPSA) is 72.5 Å². The summed E-state index contributed by atoms with van der Waals surface area (Å²) in [7, 11) is 0. The van der Waals surface area contributed by atoms with E-state index in [0.717, 1.165) is 10.6 Å². The summed E-state index contributed by atoms with van der Waals surface area (Å²) in [5.41, 5.74) is 6.00. The van der Waals surface area contributed by atoms with Crippen LogP contribution >= 0.6 is 12.2 Å². The maximum absolute atomic E-state index is 13.9. The van der Waals surface area contributed by atoms with Crippen molar-refractivity contribution in [3.05, 3.63) is 40.0 Å². The van der Waals surface area contributed by atoms with Gasteiger partial charge in [0.05, 0.1) is 11.1 Å². The Morgan fingerprint density at radius 3 is 2.62 bits per heavy atom. The van der Waals surface area contributed by atoms with E-state index in [1.807, 2.05) is 0 Å². The number of H-pyrrole nitrogens is 1. The molecular formula is C12H8F3N5S. The van der Waals surface area contributed by atoms with Gasteiger partial charge in [-0.25, -0.2) is 13.2 Å². The number of nitrogens with one attached hydrogen (secondary N) is 1. The molecule has 3 N–H and O–H groups in total. The average Bonchev–Trinajstić information content (AvgIpc) is 2.79. The summed E-state index contributed by atoms with van der Waals surface area (Å²) in [6.45, 7) is 1.64. The van der Waals surface area contributed by atoms with Gasteiger partial charge in [0.1, 0.15) is 11.5 Å². The van der Waals surface area contributed by atoms with Gasteiger partial charge in [0, 0.05) is 0 Å². The fourth-order valence-corrected chi connectivity index (χ4v) is 2.39. The van der Waals surface area contributed by atoms with Crippen LogP contribution in [0.5, 0.6) is 0 Å². The number of nitrogens with two attached hydrogens (primary N) is 1. The molecule has 5 nitrogen and oxygen atoms in total. The summed E-state index contributed by atoms with van der Waals surface area (Å²) in [6.07, 6.45) is 0. The van der Waals surface area contributed by atoms with Crippen molar-refractivity contribution in [2.45, 2.75) is 6.92 Å². The van der Waals surface area contributed by atoms with Crippen LogP contribution < -0.4 is 5.73 Å². The Morgan fingerprint density at radius 2 is 1.90 bits per heavy atom. The Hall–Kier alpha value is -2.42. The lowest BCUT2D eigenvalue weighted by atomic mass is 10.2. The Labute approximate surface area is 121 Å². The summed E-state index contributed by atoms with van der Waals surface area (Å²) in [4.78, 5) is 3.97. The second kappa shape index (κ2) is 4.55. The van der Waals surface area contributed by atoms with Crippen molar-refractivity contribution in [2.24, 2.45) is 0 Å². The smallest absolute Gasteiger partial charge is 0.207 e. The van der Waals surface area contributed by atoms with E-state index < -0.39 is 23.1 Å². The van der Waals surface area contributed by atoms with Gasteiger partial charge in [-0.05, 0) is 31.3 Å². The zero-order valence-electron chi connectivity index (χ0n) is 10.6. The molecule has 0 bridgehead atoms. The highest BCUT2D eigenvalue weighted by atomic mass is 32.1. The summed E-state index contributed by atoms with van der Waals surface area (Å²) >= 11 is 4.99. The molecule has 0 saturated heterocycles. The number of fused-ring (bicyclic) bond motifs is 1. The molecular weight excluding hydrogens is 303 g/mol. The molecule has 0 unspecified atom stereocenters. The van der Waals surface area contributed by atoms with Gasteiger partial charge in [-0.3, -0.25) is 9.67 Å². The summed E-state index contributed by atoms with van der Waals surface area (Å²) in [6, 6.07) is 1.48. The van der Waals surface area contributed by atoms with E-state index in [4.69, 9.17) is 18.0 Å². The molecule has 0 aliphatic carbocycles. The van der Waals surface area contributed by atoms with Crippen molar-refractivity contribution in [2.75, 3.05) is 5.73 Å². The van der Waals surface area contributed by atoms with E-state index in [1.165, 1.54) is 0 Å². The van der Waals surface area contributed by atoms with Crippen LogP contribution in [0.25, 0.3) is 16.7 Å². The van der Waals surface area contributed by atoms with E-state index >= 15 is 0 Å². The van der Waals surface area contributed by atoms with Gasteiger partial charge >= 0.3 is 0 Å². The molecule has 0 amide bonds. The van der Waals surface area contributed by atoms with Crippen LogP contribution in [-0.2, 0) is 0 Å². The predicted octanol–water partition coefficient (Wildman–Crippen LogP) is 2.79. The monoisotopic (exact) mass is 311 g/mol. The second-order valence-electron chi connectivity index (χ2n) is 4.34. The van der Waals surface area contributed by atoms with Gasteiger partial charge in [-0.1, -0.05) is 0 Å². The molecule has 0 atom stereocenters. The van der Waals surface area contributed by atoms with Crippen LogP contribution in [0, 0.1) is 29.1 Å². The molecule has 3 aromatic rings. The number of aromatic amines is 1. The minimum Gasteiger partial charge on any atom is -0.384 e. The van der Waals surface area contributed by atoms with Gasteiger partial charge in [0.25, 0.3) is 0 Å². The number of aryl methyl sites for hydroxylation is 1. The summed E-state index contributed by atoms with van der Waals surface area (Å²) in [5.74, 6) is -3.67. The Balaban J connectivity index is 2.49. The normalized spacial score (nSPS) is 11.2. The molecule has 1 aromatic carbocycles. The van der Waals surface area contributed by atoms with Crippen LogP contribution in [-0.4, -0.2) is 19.7 Å². The minimum absolute atomic E-state index is 0.0698. The molecule has 0 saturated carbocycles. The lowest BCUT2D eigenvalue weighted by Crippen LogP contribution is -2.12. The van der Waals surface area contributed by atoms with Crippen molar-refractivity contribution in [1.82, 2.24) is 19.7 Å². The lowest BCUT2D eigenvalue weighted by Gasteiger charge is -2.13. The van der Waals surface area contributed by atoms with E-state index in [-0.39, 0.29) is 10.6 Å². The van der Waals surface area contributed by atoms with Gasteiger partial charge < -0.3 is 5.73 Å². The molecule has 108 valence electrons. The molecule has 2 aromatic heterocycles. The third-order valence-electron chi connectivity index (χ3n) is 3.07. The molecule has 9 heteroatoms. The van der Waals surface area contributed by atoms with Crippen LogP contribution in [0.4, 0.5) is 19.0 Å². The first-order valence-electron chi connectivity index (χ1n) is 5.79. The summed E-state index contributed by atoms with van der Waals surface area (Å²) in [5, 5.41) is 6.88. The molecule has 3 rings (SSSR count). The van der Waals surface area contributed by atoms with Crippen molar-refractivity contribution < 1.29 is 13.2 Å². The SMILES string of the molecule is Cc1n[nH]c2nc(=S)n(-c3c(F)ccc(F)c3F)c(N)c12. The van der Waals surface area contributed by atoms with Gasteiger partial charge in [-0.15, -0.1) is 0 Å². The predicted molar refractivity (Wildman–Crippen MR) is 73.1 cm³/mol. The second-order valence-corrected chi connectivity index (χ2v) is 4.70. The number of nitrogen functional groups attached to an aromatic ring is 1. The van der Waals surface area contributed by atoms with E-state index in [1.54, 1.807) is 6.92 Å². The third-order valence-corrected chi connectivity index (χ3v) is 3.34. The molecule has 2 heterocycles. The highest BCUT2D eigenvalue weighted by Crippen LogP contribution is 2.28. The van der Waals surface area contributed by atoms with E-state index in [0.29, 0.717) is 22.8 Å². The number of rotatable bonds is 1. The van der Waals surface area contributed by atoms with Gasteiger partial charge in [-0.2, -0.15) is 10.1 Å². The largest absolute Gasteiger partial charge is 0.384 e. The van der Waals surface area contributed by atoms with Crippen LogP contribution in [0.2, 0.25) is 0 Å². The number of hydrogen-bond donors (Lipinski definition) is 2. The Morgan fingerprint density at radius 1 is 1.24 bits per heavy atom. The molecule has 0 fully saturated rings. The molecule has 0 radical (unpaired) electrons. The average molecular weight is 311 g/mol. The number of halogens is 3. The minimum atomic E-state index is -1.39. The van der Waals surface area contributed by atoms with Gasteiger partial charge in [0.2, 0.25) is 4.77 Å². The van der Waals surface area contributed by atoms with Crippen LogP contribution in [0.1, 0.15) is 5.69 Å². The Bertz CT molecular complexity index is 931. The Kier molecular flexibility index (Phi) is 2.94. The first-order chi connectivity index (χ1) is 9.91. The number of hydrogen-bond acceptors (Lipinski definition) is 4. The summed E-state index contributed by atoms with van der Waals surface area (Å²) < 4.78 is 41.9. The van der Waals surface area contributed by atoms with E-state index in [2.05, 4.69) is 15.2 Å². The van der Waals surface area contributed by atoms with Crippen molar-refractivity contribution >= 4 is 29.1 Å². The standard InChI is InChI=1S/C12H8F3N5S/c1-4-7-10(16)20(12(21)17-11(7)19-18-4)9-6(14)3-2-5(13)8(9)15/h2-3H,16H2,1H3,(H,17,19,21). The van der Waals surface area contributed by atoms with Crippen molar-refractivity contribution in [3.63, 3.8) is 0 Å². The van der Waals surface area contributed by atoms with Crippen LogP contribution in [0.3, 0.4) is 0 Å². The highest BCUT2D eigenvalue weighted by Gasteiger charge is 2.20. The van der Waals surface area contributed by atoms with Crippen molar-refractivity contribution in [1.29, 1.82) is 0 Å². The van der Waals surface area contributed by atoms with E-state index in [9.17, 15) is 13.2 Å². The number of nitrogens with zero attached hydrogens (tertiary/aromatic N) is 3. The molecule has 0 aliphatic rings. The lowest BCUT2D eigenvalue weighted by molar-refractivity contribution is 0.488. The van der Waals surface area contributed by atoms with Crippen LogP contribution in [0.15, 0.2) is 12.1 Å². The third kappa shape index (κ3) is 1.88. The number of benzene rings is 1. The molecule has 0 spiro atoms. The zero-order valence-corrected chi connectivity index (χ0v) is 11.4. The zero-order chi connectivity index (χ0) is 15.3. The fourth-order valence-electron chi connectivity index (χ4n) is 2.11. The number of aromatic nitrogens is 4. The van der Waals surface area contributed by atoms with Crippen molar-refractivity contribution in [3.8, 4) is 5.69 Å². The maximum atomic E-state index is 13.9. The first kappa shape index (κ1) is 13.6.